The van der Waals surface area contributed by atoms with E-state index in [1.165, 1.54) is 18.4 Å². The number of likely N-dealkylation sites (tertiary alicyclic amines) is 1. The highest BCUT2D eigenvalue weighted by molar-refractivity contribution is 6.11. The SMILES string of the molecule is COC(=O)c1[nH]c2ccccc2c1NC(=O)C[NH+]1C[C@@H](C)C[C@H](C)C1. The highest BCUT2D eigenvalue weighted by Gasteiger charge is 2.28. The number of amides is 1. The molecule has 6 nitrogen and oxygen atoms in total. The van der Waals surface area contributed by atoms with Gasteiger partial charge in [0.25, 0.3) is 5.91 Å². The molecule has 3 rings (SSSR count). The van der Waals surface area contributed by atoms with Gasteiger partial charge in [-0.05, 0) is 12.5 Å². The van der Waals surface area contributed by atoms with Crippen LogP contribution in [0.1, 0.15) is 30.8 Å². The van der Waals surface area contributed by atoms with Crippen LogP contribution >= 0.6 is 0 Å². The van der Waals surface area contributed by atoms with Crippen molar-refractivity contribution in [2.45, 2.75) is 20.3 Å². The summed E-state index contributed by atoms with van der Waals surface area (Å²) in [5, 5.41) is 3.75. The fraction of sp³-hybridized carbons (Fsp3) is 0.474. The molecular weight excluding hydrogens is 318 g/mol. The van der Waals surface area contributed by atoms with Gasteiger partial charge in [-0.1, -0.05) is 32.0 Å². The number of aromatic amines is 1. The lowest BCUT2D eigenvalue weighted by Gasteiger charge is -2.31. The molecule has 1 amide bonds. The predicted molar refractivity (Wildman–Crippen MR) is 96.8 cm³/mol. The largest absolute Gasteiger partial charge is 0.464 e. The van der Waals surface area contributed by atoms with Crippen molar-refractivity contribution in [3.05, 3.63) is 30.0 Å². The number of H-pyrrole nitrogens is 1. The molecule has 1 aliphatic rings. The first-order valence-corrected chi connectivity index (χ1v) is 8.80. The molecule has 0 unspecified atom stereocenters. The first-order chi connectivity index (χ1) is 12.0. The van der Waals surface area contributed by atoms with E-state index >= 15 is 0 Å². The summed E-state index contributed by atoms with van der Waals surface area (Å²) in [6.07, 6.45) is 1.22. The van der Waals surface area contributed by atoms with Gasteiger partial charge in [0.1, 0.15) is 5.69 Å². The molecule has 1 aromatic heterocycles. The van der Waals surface area contributed by atoms with Crippen LogP contribution in [0.25, 0.3) is 10.9 Å². The number of piperidine rings is 1. The second-order valence-corrected chi connectivity index (χ2v) is 7.24. The van der Waals surface area contributed by atoms with Gasteiger partial charge in [-0.15, -0.1) is 0 Å². The van der Waals surface area contributed by atoms with Crippen LogP contribution in [0.4, 0.5) is 5.69 Å². The summed E-state index contributed by atoms with van der Waals surface area (Å²) in [6, 6.07) is 7.51. The number of benzene rings is 1. The zero-order chi connectivity index (χ0) is 18.0. The van der Waals surface area contributed by atoms with Crippen LogP contribution in [-0.4, -0.2) is 43.6 Å². The summed E-state index contributed by atoms with van der Waals surface area (Å²) in [5.74, 6) is 0.695. The molecule has 2 aromatic rings. The second kappa shape index (κ2) is 7.27. The van der Waals surface area contributed by atoms with E-state index in [2.05, 4.69) is 24.1 Å². The van der Waals surface area contributed by atoms with Crippen LogP contribution < -0.4 is 10.2 Å². The van der Waals surface area contributed by atoms with Gasteiger partial charge in [-0.3, -0.25) is 4.79 Å². The fourth-order valence-electron chi connectivity index (χ4n) is 4.00. The summed E-state index contributed by atoms with van der Waals surface area (Å²) in [4.78, 5) is 29.0. The average Bonchev–Trinajstić information content (AvgIpc) is 2.92. The van der Waals surface area contributed by atoms with Crippen molar-refractivity contribution in [1.29, 1.82) is 0 Å². The van der Waals surface area contributed by atoms with Crippen LogP contribution in [0.2, 0.25) is 0 Å². The van der Waals surface area contributed by atoms with Crippen molar-refractivity contribution < 1.29 is 19.2 Å². The van der Waals surface area contributed by atoms with Crippen LogP contribution in [0.15, 0.2) is 24.3 Å². The standard InChI is InChI=1S/C19H25N3O3/c1-12-8-13(2)10-22(9-12)11-16(23)21-17-14-6-4-5-7-15(14)20-18(17)19(24)25-3/h4-7,12-13,20H,8-11H2,1-3H3,(H,21,23)/p+1/t12-,13-/m0/s1. The molecule has 0 bridgehead atoms. The molecule has 0 radical (unpaired) electrons. The lowest BCUT2D eigenvalue weighted by molar-refractivity contribution is -0.904. The fourth-order valence-corrected chi connectivity index (χ4v) is 4.00. The maximum atomic E-state index is 12.6. The number of hydrogen-bond acceptors (Lipinski definition) is 3. The summed E-state index contributed by atoms with van der Waals surface area (Å²) in [6.45, 7) is 6.91. The molecule has 25 heavy (non-hydrogen) atoms. The van der Waals surface area contributed by atoms with E-state index in [1.54, 1.807) is 0 Å². The van der Waals surface area contributed by atoms with Gasteiger partial charge in [0.05, 0.1) is 25.9 Å². The topological polar surface area (TPSA) is 75.6 Å². The Morgan fingerprint density at radius 3 is 2.60 bits per heavy atom. The van der Waals surface area contributed by atoms with Gasteiger partial charge in [0, 0.05) is 22.7 Å². The first-order valence-electron chi connectivity index (χ1n) is 8.80. The van der Waals surface area contributed by atoms with Crippen LogP contribution in [0.3, 0.4) is 0 Å². The Morgan fingerprint density at radius 2 is 1.92 bits per heavy atom. The predicted octanol–water partition coefficient (Wildman–Crippen LogP) is 1.45. The van der Waals surface area contributed by atoms with E-state index in [9.17, 15) is 9.59 Å². The zero-order valence-corrected chi connectivity index (χ0v) is 15.0. The lowest BCUT2D eigenvalue weighted by atomic mass is 9.92. The average molecular weight is 344 g/mol. The Morgan fingerprint density at radius 1 is 1.24 bits per heavy atom. The smallest absolute Gasteiger partial charge is 0.356 e. The van der Waals surface area contributed by atoms with E-state index in [-0.39, 0.29) is 11.6 Å². The summed E-state index contributed by atoms with van der Waals surface area (Å²) in [5.41, 5.74) is 1.59. The van der Waals surface area contributed by atoms with Crippen LogP contribution in [0.5, 0.6) is 0 Å². The minimum absolute atomic E-state index is 0.0776. The van der Waals surface area contributed by atoms with E-state index in [0.29, 0.717) is 24.1 Å². The number of methoxy groups -OCH3 is 1. The molecule has 1 saturated heterocycles. The Kier molecular flexibility index (Phi) is 5.08. The van der Waals surface area contributed by atoms with E-state index in [4.69, 9.17) is 4.74 Å². The van der Waals surface area contributed by atoms with Gasteiger partial charge in [-0.2, -0.15) is 0 Å². The Balaban J connectivity index is 1.79. The maximum Gasteiger partial charge on any atom is 0.356 e. The van der Waals surface area contributed by atoms with Crippen molar-refractivity contribution in [2.75, 3.05) is 32.1 Å². The first kappa shape index (κ1) is 17.5. The van der Waals surface area contributed by atoms with Gasteiger partial charge >= 0.3 is 5.97 Å². The Hall–Kier alpha value is -2.34. The number of carbonyl (C=O) groups is 2. The van der Waals surface area contributed by atoms with Crippen molar-refractivity contribution in [3.8, 4) is 0 Å². The van der Waals surface area contributed by atoms with Crippen LogP contribution in [-0.2, 0) is 9.53 Å². The van der Waals surface area contributed by atoms with Crippen molar-refractivity contribution >= 4 is 28.5 Å². The number of aromatic nitrogens is 1. The molecule has 0 saturated carbocycles. The number of ether oxygens (including phenoxy) is 1. The third-order valence-corrected chi connectivity index (χ3v) is 4.85. The van der Waals surface area contributed by atoms with Crippen LogP contribution in [0, 0.1) is 11.8 Å². The number of fused-ring (bicyclic) bond motifs is 1. The molecule has 134 valence electrons. The molecule has 0 aliphatic carbocycles. The molecule has 2 heterocycles. The van der Waals surface area contributed by atoms with Gasteiger partial charge in [0.15, 0.2) is 6.54 Å². The van der Waals surface area contributed by atoms with E-state index < -0.39 is 5.97 Å². The molecule has 2 atom stereocenters. The van der Waals surface area contributed by atoms with Gasteiger partial charge in [-0.25, -0.2) is 4.79 Å². The minimum atomic E-state index is -0.487. The number of anilines is 1. The van der Waals surface area contributed by atoms with Crippen molar-refractivity contribution in [2.24, 2.45) is 11.8 Å². The number of carbonyl (C=O) groups excluding carboxylic acids is 2. The van der Waals surface area contributed by atoms with E-state index in [1.807, 2.05) is 24.3 Å². The van der Waals surface area contributed by atoms with Gasteiger partial charge < -0.3 is 19.9 Å². The molecule has 1 fully saturated rings. The number of para-hydroxylation sites is 1. The summed E-state index contributed by atoms with van der Waals surface area (Å²) in [7, 11) is 1.33. The highest BCUT2D eigenvalue weighted by atomic mass is 16.5. The van der Waals surface area contributed by atoms with Crippen molar-refractivity contribution in [3.63, 3.8) is 0 Å². The maximum absolute atomic E-state index is 12.6. The number of esters is 1. The molecule has 1 aliphatic heterocycles. The third kappa shape index (κ3) is 3.85. The number of rotatable bonds is 4. The zero-order valence-electron chi connectivity index (χ0n) is 15.0. The second-order valence-electron chi connectivity index (χ2n) is 7.24. The Labute approximate surface area is 147 Å². The number of hydrogen-bond donors (Lipinski definition) is 3. The highest BCUT2D eigenvalue weighted by Crippen LogP contribution is 2.28. The lowest BCUT2D eigenvalue weighted by Crippen LogP contribution is -3.15. The van der Waals surface area contributed by atoms with Gasteiger partial charge in [0.2, 0.25) is 0 Å². The summed E-state index contributed by atoms with van der Waals surface area (Å²) < 4.78 is 4.84. The third-order valence-electron chi connectivity index (χ3n) is 4.85. The quantitative estimate of drug-likeness (QED) is 0.735. The minimum Gasteiger partial charge on any atom is -0.464 e. The van der Waals surface area contributed by atoms with E-state index in [0.717, 1.165) is 24.0 Å². The normalized spacial score (nSPS) is 23.4. The molecule has 3 N–H and O–H groups in total. The molecule has 6 heteroatoms. The van der Waals surface area contributed by atoms with Crippen molar-refractivity contribution in [1.82, 2.24) is 4.98 Å². The molecule has 0 spiro atoms. The summed E-state index contributed by atoms with van der Waals surface area (Å²) >= 11 is 0. The number of nitrogens with one attached hydrogen (secondary N) is 3. The molecule has 1 aromatic carbocycles. The number of quaternary nitrogens is 1. The monoisotopic (exact) mass is 344 g/mol. The Bertz CT molecular complexity index is 773. The molecular formula is C19H26N3O3+.